The maximum Gasteiger partial charge on any atom is 0.242 e. The smallest absolute Gasteiger partial charge is 0.242 e. The molecule has 0 radical (unpaired) electrons. The lowest BCUT2D eigenvalue weighted by atomic mass is 10.0. The van der Waals surface area contributed by atoms with E-state index < -0.39 is 43.1 Å². The highest BCUT2D eigenvalue weighted by molar-refractivity contribution is 5.87. The number of aliphatic hydroxyl groups is 3. The number of carbonyl (C=O) groups excluding carboxylic acids is 2. The molecule has 2 amide bonds. The molecule has 1 heterocycles. The second-order valence-corrected chi connectivity index (χ2v) is 9.41. The standard InChI is InChI=1S/C31H48N2O6/c1-3-4-5-6-7-8-9-10-11-12-13-14-15-16-17-18-19-20-21-22-29(36)32-25(2)30(37)33-26-23-27(35)28(24-34)39-31(26)38/h4-5,7-8,10-11,13-14,16-17,19-20,25-28,31,34-35,38H,3,6,9,12,15,18,21-24H2,1-2H3,(H,32,36)(H,33,37)/b5-4-,8-7-,11-10-,14-13-,17-16-,20-19-/t25-,26?,27-,28?,31+/m0/s1. The van der Waals surface area contributed by atoms with Crippen molar-refractivity contribution in [3.8, 4) is 0 Å². The van der Waals surface area contributed by atoms with E-state index >= 15 is 0 Å². The van der Waals surface area contributed by atoms with Gasteiger partial charge in [-0.3, -0.25) is 9.59 Å². The maximum atomic E-state index is 12.3. The average molecular weight is 545 g/mol. The predicted octanol–water partition coefficient (Wildman–Crippen LogP) is 3.91. The minimum Gasteiger partial charge on any atom is -0.394 e. The first-order valence-electron chi connectivity index (χ1n) is 14.0. The first-order valence-corrected chi connectivity index (χ1v) is 14.0. The summed E-state index contributed by atoms with van der Waals surface area (Å²) in [7, 11) is 0. The third-order valence-electron chi connectivity index (χ3n) is 6.00. The van der Waals surface area contributed by atoms with Gasteiger partial charge in [-0.25, -0.2) is 0 Å². The molecule has 8 heteroatoms. The van der Waals surface area contributed by atoms with Gasteiger partial charge in [-0.15, -0.1) is 0 Å². The highest BCUT2D eigenvalue weighted by Gasteiger charge is 2.37. The second-order valence-electron chi connectivity index (χ2n) is 9.41. The van der Waals surface area contributed by atoms with E-state index in [1.807, 2.05) is 12.2 Å². The van der Waals surface area contributed by atoms with E-state index in [1.165, 1.54) is 0 Å². The number of hydrogen-bond donors (Lipinski definition) is 5. The molecule has 0 aliphatic carbocycles. The van der Waals surface area contributed by atoms with Crippen LogP contribution in [0.25, 0.3) is 0 Å². The molecular weight excluding hydrogens is 496 g/mol. The van der Waals surface area contributed by atoms with Crippen LogP contribution in [0.3, 0.4) is 0 Å². The van der Waals surface area contributed by atoms with Crippen molar-refractivity contribution in [1.82, 2.24) is 10.6 Å². The van der Waals surface area contributed by atoms with Crippen molar-refractivity contribution in [2.75, 3.05) is 6.61 Å². The third-order valence-corrected chi connectivity index (χ3v) is 6.00. The molecule has 8 nitrogen and oxygen atoms in total. The van der Waals surface area contributed by atoms with E-state index in [0.717, 1.165) is 38.5 Å². The van der Waals surface area contributed by atoms with Crippen LogP contribution in [0.5, 0.6) is 0 Å². The first-order chi connectivity index (χ1) is 18.9. The molecule has 218 valence electrons. The Kier molecular flexibility index (Phi) is 19.4. The molecule has 2 unspecified atom stereocenters. The van der Waals surface area contributed by atoms with Crippen molar-refractivity contribution < 1.29 is 29.6 Å². The lowest BCUT2D eigenvalue weighted by Crippen LogP contribution is -2.58. The highest BCUT2D eigenvalue weighted by Crippen LogP contribution is 2.18. The first kappa shape index (κ1) is 34.2. The van der Waals surface area contributed by atoms with Gasteiger partial charge in [0.1, 0.15) is 12.1 Å². The van der Waals surface area contributed by atoms with Crippen molar-refractivity contribution in [3.63, 3.8) is 0 Å². The lowest BCUT2D eigenvalue weighted by Gasteiger charge is -2.36. The van der Waals surface area contributed by atoms with E-state index in [1.54, 1.807) is 6.92 Å². The van der Waals surface area contributed by atoms with E-state index in [0.29, 0.717) is 6.42 Å². The van der Waals surface area contributed by atoms with Gasteiger partial charge in [0.25, 0.3) is 0 Å². The number of aliphatic hydroxyl groups excluding tert-OH is 3. The summed E-state index contributed by atoms with van der Waals surface area (Å²) in [6.45, 7) is 3.26. The van der Waals surface area contributed by atoms with E-state index in [-0.39, 0.29) is 18.7 Å². The Hall–Kier alpha value is -2.78. The zero-order chi connectivity index (χ0) is 28.7. The SMILES string of the molecule is CC/C=C\C/C=C\C/C=C\C/C=C\C/C=C\C/C=C\CCC(=O)N[C@@H](C)C(=O)NC1C[C@H](O)C(CO)O[C@H]1O. The van der Waals surface area contributed by atoms with E-state index in [9.17, 15) is 19.8 Å². The second kappa shape index (κ2) is 22.1. The van der Waals surface area contributed by atoms with Gasteiger partial charge >= 0.3 is 0 Å². The minimum atomic E-state index is -1.34. The quantitative estimate of drug-likeness (QED) is 0.167. The Morgan fingerprint density at radius 2 is 1.33 bits per heavy atom. The van der Waals surface area contributed by atoms with Crippen LogP contribution < -0.4 is 10.6 Å². The van der Waals surface area contributed by atoms with Gasteiger partial charge < -0.3 is 30.7 Å². The van der Waals surface area contributed by atoms with Gasteiger partial charge in [0.2, 0.25) is 11.8 Å². The Morgan fingerprint density at radius 3 is 1.82 bits per heavy atom. The van der Waals surface area contributed by atoms with Crippen LogP contribution in [0.1, 0.15) is 71.6 Å². The van der Waals surface area contributed by atoms with Crippen LogP contribution in [0.2, 0.25) is 0 Å². The van der Waals surface area contributed by atoms with Gasteiger partial charge in [0.15, 0.2) is 6.29 Å². The fourth-order valence-electron chi connectivity index (χ4n) is 3.73. The van der Waals surface area contributed by atoms with Crippen LogP contribution in [-0.4, -0.2) is 64.3 Å². The van der Waals surface area contributed by atoms with Crippen LogP contribution in [0, 0.1) is 0 Å². The molecule has 0 saturated carbocycles. The summed E-state index contributed by atoms with van der Waals surface area (Å²) in [4.78, 5) is 24.5. The Labute approximate surface area is 233 Å². The van der Waals surface area contributed by atoms with Crippen molar-refractivity contribution in [2.45, 2.75) is 102 Å². The zero-order valence-electron chi connectivity index (χ0n) is 23.5. The Balaban J connectivity index is 2.12. The molecule has 5 N–H and O–H groups in total. The molecule has 0 aromatic heterocycles. The van der Waals surface area contributed by atoms with Gasteiger partial charge in [0, 0.05) is 12.8 Å². The van der Waals surface area contributed by atoms with Crippen molar-refractivity contribution in [3.05, 3.63) is 72.9 Å². The highest BCUT2D eigenvalue weighted by atomic mass is 16.6. The third kappa shape index (κ3) is 16.7. The van der Waals surface area contributed by atoms with E-state index in [2.05, 4.69) is 78.3 Å². The largest absolute Gasteiger partial charge is 0.394 e. The zero-order valence-corrected chi connectivity index (χ0v) is 23.5. The molecule has 1 aliphatic heterocycles. The molecule has 1 aliphatic rings. The van der Waals surface area contributed by atoms with Crippen LogP contribution in [0.4, 0.5) is 0 Å². The number of hydrogen-bond acceptors (Lipinski definition) is 6. The molecule has 39 heavy (non-hydrogen) atoms. The number of ether oxygens (including phenoxy) is 1. The molecule has 1 saturated heterocycles. The summed E-state index contributed by atoms with van der Waals surface area (Å²) in [5, 5.41) is 34.2. The lowest BCUT2D eigenvalue weighted by molar-refractivity contribution is -0.221. The molecule has 1 rings (SSSR count). The molecule has 0 bridgehead atoms. The molecule has 0 spiro atoms. The molecule has 1 fully saturated rings. The van der Waals surface area contributed by atoms with Crippen LogP contribution in [0.15, 0.2) is 72.9 Å². The molecule has 5 atom stereocenters. The normalized spacial score (nSPS) is 23.2. The number of rotatable bonds is 18. The number of amides is 2. The van der Waals surface area contributed by atoms with Gasteiger partial charge in [0.05, 0.1) is 18.8 Å². The summed E-state index contributed by atoms with van der Waals surface area (Å²) < 4.78 is 5.10. The maximum absolute atomic E-state index is 12.3. The van der Waals surface area contributed by atoms with Crippen molar-refractivity contribution >= 4 is 11.8 Å². The summed E-state index contributed by atoms with van der Waals surface area (Å²) in [6, 6.07) is -1.63. The van der Waals surface area contributed by atoms with Gasteiger partial charge in [-0.05, 0) is 51.9 Å². The van der Waals surface area contributed by atoms with E-state index in [4.69, 9.17) is 9.84 Å². The number of nitrogens with one attached hydrogen (secondary N) is 2. The molecule has 0 aromatic rings. The molecule has 0 aromatic carbocycles. The van der Waals surface area contributed by atoms with Crippen LogP contribution >= 0.6 is 0 Å². The van der Waals surface area contributed by atoms with Gasteiger partial charge in [-0.1, -0.05) is 79.8 Å². The van der Waals surface area contributed by atoms with Gasteiger partial charge in [-0.2, -0.15) is 0 Å². The minimum absolute atomic E-state index is 0.0431. The summed E-state index contributed by atoms with van der Waals surface area (Å²) in [6.07, 6.45) is 28.9. The summed E-state index contributed by atoms with van der Waals surface area (Å²) in [5.41, 5.74) is 0. The number of carbonyl (C=O) groups is 2. The fourth-order valence-corrected chi connectivity index (χ4v) is 3.73. The van der Waals surface area contributed by atoms with Crippen molar-refractivity contribution in [1.29, 1.82) is 0 Å². The summed E-state index contributed by atoms with van der Waals surface area (Å²) in [5.74, 6) is -0.738. The number of allylic oxidation sites excluding steroid dienone is 12. The average Bonchev–Trinajstić information content (AvgIpc) is 2.91. The Bertz CT molecular complexity index is 861. The monoisotopic (exact) mass is 544 g/mol. The van der Waals surface area contributed by atoms with Crippen LogP contribution in [-0.2, 0) is 14.3 Å². The summed E-state index contributed by atoms with van der Waals surface area (Å²) >= 11 is 0. The fraction of sp³-hybridized carbons (Fsp3) is 0.548. The van der Waals surface area contributed by atoms with Crippen molar-refractivity contribution in [2.24, 2.45) is 0 Å². The Morgan fingerprint density at radius 1 is 0.846 bits per heavy atom. The predicted molar refractivity (Wildman–Crippen MR) is 156 cm³/mol. The molecular formula is C31H48N2O6. The topological polar surface area (TPSA) is 128 Å².